The third-order valence-corrected chi connectivity index (χ3v) is 2.69. The molecule has 1 aromatic heterocycles. The maximum atomic E-state index is 13.5. The van der Waals surface area contributed by atoms with E-state index >= 15 is 0 Å². The van der Waals surface area contributed by atoms with Gasteiger partial charge < -0.3 is 4.42 Å². The van der Waals surface area contributed by atoms with E-state index < -0.39 is 16.4 Å². The number of nitro groups is 1. The average molecular weight is 258 g/mol. The largest absolute Gasteiger partial charge is 0.436 e. The summed E-state index contributed by atoms with van der Waals surface area (Å²) in [6.07, 6.45) is 0. The molecule has 0 bridgehead atoms. The van der Waals surface area contributed by atoms with E-state index in [-0.39, 0.29) is 5.89 Å². The Bertz CT molecular complexity index is 749. The molecule has 0 fully saturated rings. The highest BCUT2D eigenvalue weighted by atomic mass is 19.1. The number of hydrogen-bond acceptors (Lipinski definition) is 4. The highest BCUT2D eigenvalue weighted by Crippen LogP contribution is 2.27. The van der Waals surface area contributed by atoms with Crippen LogP contribution in [0.15, 0.2) is 46.9 Å². The Kier molecular flexibility index (Phi) is 2.49. The molecule has 2 aromatic carbocycles. The van der Waals surface area contributed by atoms with Gasteiger partial charge in [0.1, 0.15) is 5.52 Å². The van der Waals surface area contributed by atoms with E-state index in [1.54, 1.807) is 18.2 Å². The van der Waals surface area contributed by atoms with Crippen molar-refractivity contribution in [3.63, 3.8) is 0 Å². The van der Waals surface area contributed by atoms with Crippen LogP contribution in [0.25, 0.3) is 22.6 Å². The zero-order valence-corrected chi connectivity index (χ0v) is 9.54. The summed E-state index contributed by atoms with van der Waals surface area (Å²) in [6.45, 7) is 0. The molecule has 5 nitrogen and oxygen atoms in total. The van der Waals surface area contributed by atoms with Crippen LogP contribution in [0, 0.1) is 15.9 Å². The van der Waals surface area contributed by atoms with Gasteiger partial charge in [0, 0.05) is 11.6 Å². The van der Waals surface area contributed by atoms with Crippen LogP contribution in [0.2, 0.25) is 0 Å². The Morgan fingerprint density at radius 2 is 2.00 bits per heavy atom. The zero-order chi connectivity index (χ0) is 13.4. The van der Waals surface area contributed by atoms with E-state index in [4.69, 9.17) is 4.42 Å². The summed E-state index contributed by atoms with van der Waals surface area (Å²) in [4.78, 5) is 14.0. The minimum absolute atomic E-state index is 0.231. The number of oxazole rings is 1. The minimum atomic E-state index is -0.912. The van der Waals surface area contributed by atoms with Gasteiger partial charge in [-0.25, -0.2) is 4.98 Å². The van der Waals surface area contributed by atoms with Crippen molar-refractivity contribution in [2.24, 2.45) is 0 Å². The van der Waals surface area contributed by atoms with Gasteiger partial charge in [-0.15, -0.1) is 0 Å². The van der Waals surface area contributed by atoms with Crippen LogP contribution in [-0.4, -0.2) is 9.91 Å². The summed E-state index contributed by atoms with van der Waals surface area (Å²) in [5.41, 5.74) is 1.02. The maximum absolute atomic E-state index is 13.5. The van der Waals surface area contributed by atoms with E-state index in [0.717, 1.165) is 12.1 Å². The van der Waals surface area contributed by atoms with E-state index in [1.807, 2.05) is 6.07 Å². The monoisotopic (exact) mass is 258 g/mol. The number of nitrogens with zero attached hydrogens (tertiary/aromatic N) is 2. The fourth-order valence-electron chi connectivity index (χ4n) is 1.78. The lowest BCUT2D eigenvalue weighted by Gasteiger charge is -1.96. The summed E-state index contributed by atoms with van der Waals surface area (Å²) in [7, 11) is 0. The van der Waals surface area contributed by atoms with Gasteiger partial charge in [0.15, 0.2) is 5.58 Å². The van der Waals surface area contributed by atoms with Crippen molar-refractivity contribution >= 4 is 16.8 Å². The summed E-state index contributed by atoms with van der Waals surface area (Å²) in [5, 5.41) is 10.5. The van der Waals surface area contributed by atoms with Crippen molar-refractivity contribution in [3.05, 3.63) is 58.4 Å². The van der Waals surface area contributed by atoms with Gasteiger partial charge in [-0.1, -0.05) is 12.1 Å². The molecule has 0 spiro atoms. The zero-order valence-electron chi connectivity index (χ0n) is 9.54. The second-order valence-electron chi connectivity index (χ2n) is 3.91. The smallest absolute Gasteiger partial charge is 0.304 e. The lowest BCUT2D eigenvalue weighted by Crippen LogP contribution is -1.92. The predicted molar refractivity (Wildman–Crippen MR) is 66.1 cm³/mol. The summed E-state index contributed by atoms with van der Waals surface area (Å²) < 4.78 is 19.0. The van der Waals surface area contributed by atoms with E-state index in [0.29, 0.717) is 16.7 Å². The molecule has 6 heteroatoms. The third kappa shape index (κ3) is 1.93. The quantitative estimate of drug-likeness (QED) is 0.520. The maximum Gasteiger partial charge on any atom is 0.304 e. The number of halogens is 1. The highest BCUT2D eigenvalue weighted by molar-refractivity contribution is 5.76. The molecule has 0 saturated carbocycles. The first kappa shape index (κ1) is 11.3. The molecule has 0 aliphatic rings. The number of aromatic nitrogens is 1. The topological polar surface area (TPSA) is 69.2 Å². The molecule has 0 saturated heterocycles. The van der Waals surface area contributed by atoms with E-state index in [1.165, 1.54) is 6.07 Å². The second-order valence-corrected chi connectivity index (χ2v) is 3.91. The lowest BCUT2D eigenvalue weighted by atomic mass is 10.2. The van der Waals surface area contributed by atoms with Gasteiger partial charge in [0.25, 0.3) is 0 Å². The number of rotatable bonds is 2. The first-order chi connectivity index (χ1) is 9.15. The van der Waals surface area contributed by atoms with Gasteiger partial charge in [-0.3, -0.25) is 10.1 Å². The Morgan fingerprint density at radius 1 is 1.21 bits per heavy atom. The molecular formula is C13H7FN2O3. The molecule has 0 amide bonds. The molecule has 0 unspecified atom stereocenters. The Hall–Kier alpha value is -2.76. The van der Waals surface area contributed by atoms with Crippen molar-refractivity contribution in [1.82, 2.24) is 4.98 Å². The number of hydrogen-bond donors (Lipinski definition) is 0. The molecule has 94 valence electrons. The molecule has 0 aliphatic carbocycles. The fourth-order valence-corrected chi connectivity index (χ4v) is 1.78. The van der Waals surface area contributed by atoms with Crippen LogP contribution in [0.5, 0.6) is 0 Å². The number of benzene rings is 2. The first-order valence-corrected chi connectivity index (χ1v) is 5.45. The van der Waals surface area contributed by atoms with Crippen molar-refractivity contribution in [1.29, 1.82) is 0 Å². The van der Waals surface area contributed by atoms with E-state index in [2.05, 4.69) is 4.98 Å². The summed E-state index contributed by atoms with van der Waals surface area (Å²) in [5.74, 6) is -0.681. The molecule has 3 rings (SSSR count). The van der Waals surface area contributed by atoms with Crippen LogP contribution < -0.4 is 0 Å². The van der Waals surface area contributed by atoms with E-state index in [9.17, 15) is 14.5 Å². The fraction of sp³-hybridized carbons (Fsp3) is 0. The standard InChI is InChI=1S/C13H7FN2O3/c14-9-7-8(5-6-11(9)16(17)18)13-15-10-3-1-2-4-12(10)19-13/h1-7H. The average Bonchev–Trinajstić information content (AvgIpc) is 2.81. The molecule has 0 radical (unpaired) electrons. The molecule has 0 aliphatic heterocycles. The normalized spacial score (nSPS) is 10.8. The SMILES string of the molecule is O=[N+]([O-])c1ccc(-c2nc3ccccc3o2)cc1F. The molecular weight excluding hydrogens is 251 g/mol. The first-order valence-electron chi connectivity index (χ1n) is 5.45. The number of fused-ring (bicyclic) bond motifs is 1. The van der Waals surface area contributed by atoms with Gasteiger partial charge in [0.2, 0.25) is 11.7 Å². The lowest BCUT2D eigenvalue weighted by molar-refractivity contribution is -0.387. The van der Waals surface area contributed by atoms with Crippen LogP contribution >= 0.6 is 0 Å². The van der Waals surface area contributed by atoms with Gasteiger partial charge in [-0.2, -0.15) is 4.39 Å². The van der Waals surface area contributed by atoms with Crippen molar-refractivity contribution in [2.45, 2.75) is 0 Å². The Morgan fingerprint density at radius 3 is 2.68 bits per heavy atom. The Balaban J connectivity index is 2.11. The molecule has 1 heterocycles. The second kappa shape index (κ2) is 4.16. The number of nitro benzene ring substituents is 1. The Labute approximate surface area is 106 Å². The molecule has 19 heavy (non-hydrogen) atoms. The van der Waals surface area contributed by atoms with Crippen LogP contribution in [0.4, 0.5) is 10.1 Å². The van der Waals surface area contributed by atoms with Gasteiger partial charge >= 0.3 is 5.69 Å². The predicted octanol–water partition coefficient (Wildman–Crippen LogP) is 3.54. The van der Waals surface area contributed by atoms with Crippen molar-refractivity contribution in [2.75, 3.05) is 0 Å². The molecule has 0 N–H and O–H groups in total. The highest BCUT2D eigenvalue weighted by Gasteiger charge is 2.16. The van der Waals surface area contributed by atoms with Crippen LogP contribution in [0.3, 0.4) is 0 Å². The third-order valence-electron chi connectivity index (χ3n) is 2.69. The van der Waals surface area contributed by atoms with Crippen molar-refractivity contribution < 1.29 is 13.7 Å². The van der Waals surface area contributed by atoms with Crippen LogP contribution in [-0.2, 0) is 0 Å². The minimum Gasteiger partial charge on any atom is -0.436 e. The molecule has 3 aromatic rings. The molecule has 0 atom stereocenters. The summed E-state index contributed by atoms with van der Waals surface area (Å²) in [6, 6.07) is 10.7. The van der Waals surface area contributed by atoms with Crippen LogP contribution in [0.1, 0.15) is 0 Å². The van der Waals surface area contributed by atoms with Gasteiger partial charge in [0.05, 0.1) is 4.92 Å². The summed E-state index contributed by atoms with van der Waals surface area (Å²) >= 11 is 0. The van der Waals surface area contributed by atoms with Crippen molar-refractivity contribution in [3.8, 4) is 11.5 Å². The van der Waals surface area contributed by atoms with Gasteiger partial charge in [-0.05, 0) is 24.3 Å². The number of para-hydroxylation sites is 2.